The number of carbonyl (C=O) groups excluding carboxylic acids is 3. The quantitative estimate of drug-likeness (QED) is 0.427. The van der Waals surface area contributed by atoms with Gasteiger partial charge in [-0.25, -0.2) is 4.90 Å². The number of nitrogens with one attached hydrogen (secondary N) is 1. The lowest BCUT2D eigenvalue weighted by atomic mass is 9.72. The number of carbonyl (C=O) groups is 3. The van der Waals surface area contributed by atoms with Gasteiger partial charge in [-0.2, -0.15) is 13.2 Å². The van der Waals surface area contributed by atoms with E-state index in [0.717, 1.165) is 33.1 Å². The van der Waals surface area contributed by atoms with Crippen LogP contribution in [0, 0.1) is 17.8 Å². The highest BCUT2D eigenvalue weighted by Crippen LogP contribution is 2.52. The molecule has 5 aliphatic rings. The van der Waals surface area contributed by atoms with Crippen molar-refractivity contribution in [2.24, 2.45) is 24.8 Å². The van der Waals surface area contributed by atoms with Crippen molar-refractivity contribution in [1.82, 2.24) is 24.6 Å². The smallest absolute Gasteiger partial charge is 0.338 e. The Labute approximate surface area is 281 Å². The molecule has 7 rings (SSSR count). The number of alkyl halides is 3. The molecule has 1 aromatic carbocycles. The molecule has 0 radical (unpaired) electrons. The summed E-state index contributed by atoms with van der Waals surface area (Å²) in [5, 5.41) is 3.83. The number of amides is 3. The van der Waals surface area contributed by atoms with E-state index in [0.29, 0.717) is 24.3 Å². The molecule has 9 nitrogen and oxygen atoms in total. The van der Waals surface area contributed by atoms with Gasteiger partial charge in [-0.05, 0) is 78.1 Å². The minimum atomic E-state index is -4.67. The minimum absolute atomic E-state index is 0.109. The third kappa shape index (κ3) is 4.65. The van der Waals surface area contributed by atoms with E-state index >= 15 is 0 Å². The van der Waals surface area contributed by atoms with Crippen LogP contribution in [-0.4, -0.2) is 86.0 Å². The molecule has 0 spiro atoms. The zero-order chi connectivity index (χ0) is 34.0. The van der Waals surface area contributed by atoms with Crippen molar-refractivity contribution in [3.05, 3.63) is 33.9 Å². The number of aryl methyl sites for hydroxylation is 1. The first-order valence-corrected chi connectivity index (χ1v) is 17.6. The Kier molecular flexibility index (Phi) is 7.65. The van der Waals surface area contributed by atoms with E-state index in [1.165, 1.54) is 0 Å². The zero-order valence-corrected chi connectivity index (χ0v) is 29.2. The van der Waals surface area contributed by atoms with E-state index in [1.54, 1.807) is 18.7 Å². The highest BCUT2D eigenvalue weighted by atomic mass is 79.9. The Hall–Kier alpha value is -2.64. The fourth-order valence-corrected chi connectivity index (χ4v) is 9.92. The van der Waals surface area contributed by atoms with Crippen LogP contribution < -0.4 is 5.32 Å². The number of piperidine rings is 1. The van der Waals surface area contributed by atoms with Crippen molar-refractivity contribution in [1.29, 1.82) is 0 Å². The summed E-state index contributed by atoms with van der Waals surface area (Å²) in [5.41, 5.74) is -0.451. The first-order valence-electron chi connectivity index (χ1n) is 16.8. The first kappa shape index (κ1) is 32.9. The molecule has 3 amide bonds. The second kappa shape index (κ2) is 10.9. The maximum Gasteiger partial charge on any atom is 0.460 e. The molecule has 47 heavy (non-hydrogen) atoms. The van der Waals surface area contributed by atoms with E-state index in [1.807, 2.05) is 55.5 Å². The summed E-state index contributed by atoms with van der Waals surface area (Å²) in [6.45, 7) is 9.38. The number of ether oxygens (including phenoxy) is 1. The molecule has 0 saturated carbocycles. The Morgan fingerprint density at radius 3 is 2.57 bits per heavy atom. The Morgan fingerprint density at radius 1 is 1.19 bits per heavy atom. The molecular weight excluding hydrogens is 679 g/mol. The number of fused-ring (bicyclic) bond motifs is 5. The third-order valence-corrected chi connectivity index (χ3v) is 12.6. The van der Waals surface area contributed by atoms with Crippen molar-refractivity contribution in [2.45, 2.75) is 109 Å². The van der Waals surface area contributed by atoms with E-state index in [2.05, 4.69) is 21.2 Å². The molecule has 1 aromatic heterocycles. The number of hydrogen-bond acceptors (Lipinski definition) is 5. The number of rotatable bonds is 5. The number of nitrogens with zero attached hydrogens (tertiary/aromatic N) is 4. The average molecular weight is 723 g/mol. The highest BCUT2D eigenvalue weighted by molar-refractivity contribution is 9.10. The molecule has 4 aliphatic heterocycles. The molecule has 2 aromatic rings. The van der Waals surface area contributed by atoms with Gasteiger partial charge in [0.25, 0.3) is 5.91 Å². The Morgan fingerprint density at radius 2 is 1.91 bits per heavy atom. The summed E-state index contributed by atoms with van der Waals surface area (Å²) >= 11 is 3.61. The van der Waals surface area contributed by atoms with Gasteiger partial charge in [0.05, 0.1) is 16.6 Å². The second-order valence-corrected chi connectivity index (χ2v) is 15.8. The Bertz CT molecular complexity index is 1660. The molecule has 13 heteroatoms. The van der Waals surface area contributed by atoms with Crippen LogP contribution in [0.5, 0.6) is 0 Å². The van der Waals surface area contributed by atoms with Gasteiger partial charge >= 0.3 is 6.30 Å². The van der Waals surface area contributed by atoms with E-state index < -0.39 is 65.9 Å². The monoisotopic (exact) mass is 721 g/mol. The molecule has 0 unspecified atom stereocenters. The van der Waals surface area contributed by atoms with Crippen LogP contribution in [0.1, 0.15) is 77.3 Å². The van der Waals surface area contributed by atoms with Crippen LogP contribution in [0.2, 0.25) is 0 Å². The van der Waals surface area contributed by atoms with E-state index in [4.69, 9.17) is 4.74 Å². The van der Waals surface area contributed by atoms with Crippen LogP contribution >= 0.6 is 15.9 Å². The van der Waals surface area contributed by atoms with Gasteiger partial charge in [-0.1, -0.05) is 39.8 Å². The SMILES string of the molecule is CC(C)C[C@H]1C(=O)N2CCC[C@H]2[C@]2(C)O[C@](NC(=O)[C@@H]3C[C@@H]4c5cccc6c5c(c(Br)n6C)C[C@H]4N(C(F)(F)F)C3)(C(C)C)C(=O)N12. The molecule has 256 valence electrons. The third-order valence-electron chi connectivity index (χ3n) is 11.6. The number of likely N-dealkylation sites (tertiary alicyclic amines) is 1. The fourth-order valence-electron chi connectivity index (χ4n) is 9.37. The van der Waals surface area contributed by atoms with Gasteiger partial charge in [0, 0.05) is 48.9 Å². The fraction of sp³-hybridized carbons (Fsp3) is 0.676. The number of piperazine rings is 1. The predicted octanol–water partition coefficient (Wildman–Crippen LogP) is 5.25. The van der Waals surface area contributed by atoms with E-state index in [-0.39, 0.29) is 30.7 Å². The Balaban J connectivity index is 1.25. The van der Waals surface area contributed by atoms with E-state index in [9.17, 15) is 27.6 Å². The van der Waals surface area contributed by atoms with Crippen molar-refractivity contribution in [2.75, 3.05) is 13.1 Å². The lowest BCUT2D eigenvalue weighted by Gasteiger charge is -2.51. The second-order valence-electron chi connectivity index (χ2n) is 15.0. The molecule has 1 aliphatic carbocycles. The summed E-state index contributed by atoms with van der Waals surface area (Å²) in [7, 11) is 1.88. The van der Waals surface area contributed by atoms with Crippen molar-refractivity contribution in [3.8, 4) is 0 Å². The predicted molar refractivity (Wildman–Crippen MR) is 172 cm³/mol. The average Bonchev–Trinajstić information content (AvgIpc) is 3.66. The standard InChI is InChI=1S/C34H43BrF3N5O4/c1-17(2)13-25-30(45)41-12-8-11-26(41)32(5)43(25)31(46)33(47-32,18(3)4)39-29(44)19-14-21-20-9-7-10-23-27(20)22(28(35)40(23)6)15-24(21)42(16-19)34(36,37)38/h7,9-10,17-19,21,24-26H,8,11-16H2,1-6H3,(H,39,44)/t19-,21-,24-,25+,26+,32+,33-/m1/s1. The molecule has 0 bridgehead atoms. The van der Waals surface area contributed by atoms with Gasteiger partial charge in [-0.15, -0.1) is 0 Å². The summed E-state index contributed by atoms with van der Waals surface area (Å²) in [4.78, 5) is 46.6. The van der Waals surface area contributed by atoms with Crippen LogP contribution in [0.3, 0.4) is 0 Å². The minimum Gasteiger partial charge on any atom is -0.338 e. The van der Waals surface area contributed by atoms with Crippen molar-refractivity contribution >= 4 is 44.6 Å². The molecule has 1 N–H and O–H groups in total. The molecule has 7 atom stereocenters. The van der Waals surface area contributed by atoms with Gasteiger partial charge < -0.3 is 19.5 Å². The normalized spacial score (nSPS) is 34.0. The van der Waals surface area contributed by atoms with Crippen molar-refractivity contribution < 1.29 is 32.3 Å². The number of halogens is 4. The first-order chi connectivity index (χ1) is 22.0. The van der Waals surface area contributed by atoms with Crippen LogP contribution in [0.25, 0.3) is 10.9 Å². The summed E-state index contributed by atoms with van der Waals surface area (Å²) in [5.74, 6) is -3.33. The molecule has 5 heterocycles. The van der Waals surface area contributed by atoms with Crippen LogP contribution in [0.4, 0.5) is 13.2 Å². The maximum atomic E-state index is 14.8. The van der Waals surface area contributed by atoms with Crippen LogP contribution in [-0.2, 0) is 32.6 Å². The van der Waals surface area contributed by atoms with Gasteiger partial charge in [0.1, 0.15) is 6.04 Å². The molecule has 4 saturated heterocycles. The number of benzene rings is 1. The van der Waals surface area contributed by atoms with Crippen LogP contribution in [0.15, 0.2) is 22.8 Å². The lowest BCUT2D eigenvalue weighted by Crippen LogP contribution is -2.70. The number of aromatic nitrogens is 1. The van der Waals surface area contributed by atoms with Gasteiger partial charge in [-0.3, -0.25) is 19.3 Å². The summed E-state index contributed by atoms with van der Waals surface area (Å²) < 4.78 is 53.9. The lowest BCUT2D eigenvalue weighted by molar-refractivity contribution is -0.270. The largest absolute Gasteiger partial charge is 0.460 e. The topological polar surface area (TPSA) is 87.1 Å². The van der Waals surface area contributed by atoms with Gasteiger partial charge in [0.2, 0.25) is 17.5 Å². The summed E-state index contributed by atoms with van der Waals surface area (Å²) in [6.07, 6.45) is -2.42. The molecule has 4 fully saturated rings. The number of hydrogen-bond donors (Lipinski definition) is 1. The van der Waals surface area contributed by atoms with Crippen molar-refractivity contribution in [3.63, 3.8) is 0 Å². The highest BCUT2D eigenvalue weighted by Gasteiger charge is 2.70. The zero-order valence-electron chi connectivity index (χ0n) is 27.7. The molecular formula is C34H43BrF3N5O4. The maximum absolute atomic E-state index is 14.8. The van der Waals surface area contributed by atoms with Gasteiger partial charge in [0.15, 0.2) is 5.72 Å². The summed E-state index contributed by atoms with van der Waals surface area (Å²) in [6, 6.07) is 3.69.